The van der Waals surface area contributed by atoms with E-state index in [4.69, 9.17) is 0 Å². The molecule has 0 aliphatic carbocycles. The average Bonchev–Trinajstić information content (AvgIpc) is 1.93. The van der Waals surface area contributed by atoms with Crippen molar-refractivity contribution in [2.75, 3.05) is 5.32 Å². The Morgan fingerprint density at radius 2 is 2.09 bits per heavy atom. The molecule has 11 heavy (non-hydrogen) atoms. The van der Waals surface area contributed by atoms with E-state index in [-0.39, 0.29) is 5.91 Å². The molecule has 0 spiro atoms. The average molecular weight is 213 g/mol. The van der Waals surface area contributed by atoms with E-state index in [9.17, 15) is 4.79 Å². The van der Waals surface area contributed by atoms with Crippen molar-refractivity contribution in [2.45, 2.75) is 6.92 Å². The van der Waals surface area contributed by atoms with Crippen LogP contribution in [0, 0.1) is 0 Å². The van der Waals surface area contributed by atoms with Gasteiger partial charge in [0, 0.05) is 0 Å². The second-order valence-corrected chi connectivity index (χ2v) is 3.10. The number of rotatable bonds is 1. The van der Waals surface area contributed by atoms with Gasteiger partial charge in [-0.05, 0) is 0 Å². The topological polar surface area (TPSA) is 29.1 Å². The first-order valence-corrected chi connectivity index (χ1v) is 4.09. The SMILES string of the molecule is CC(=O)Nc1ccccc1[Se-]. The first-order valence-electron chi connectivity index (χ1n) is 3.24. The molecule has 0 radical (unpaired) electrons. The number of anilines is 1. The molecule has 0 aromatic heterocycles. The number of para-hydroxylation sites is 1. The van der Waals surface area contributed by atoms with Gasteiger partial charge < -0.3 is 0 Å². The van der Waals surface area contributed by atoms with E-state index in [2.05, 4.69) is 21.3 Å². The van der Waals surface area contributed by atoms with Crippen LogP contribution in [0.4, 0.5) is 5.69 Å². The molecular formula is C8H8NOSe-. The third-order valence-corrected chi connectivity index (χ3v) is 1.94. The van der Waals surface area contributed by atoms with Crippen molar-refractivity contribution >= 4 is 32.1 Å². The Hall–Kier alpha value is -0.791. The molecule has 58 valence electrons. The molecule has 1 rings (SSSR count). The van der Waals surface area contributed by atoms with Gasteiger partial charge in [0.05, 0.1) is 0 Å². The Bertz CT molecular complexity index is 273. The van der Waals surface area contributed by atoms with Gasteiger partial charge in [0.2, 0.25) is 0 Å². The normalized spacial score (nSPS) is 9.18. The summed E-state index contributed by atoms with van der Waals surface area (Å²) in [5.41, 5.74) is 0.833. The molecule has 0 heterocycles. The van der Waals surface area contributed by atoms with Crippen molar-refractivity contribution in [2.24, 2.45) is 0 Å². The number of hydrogen-bond acceptors (Lipinski definition) is 1. The van der Waals surface area contributed by atoms with Crippen LogP contribution in [0.1, 0.15) is 6.92 Å². The third kappa shape index (κ3) is 2.37. The summed E-state index contributed by atoms with van der Waals surface area (Å²) in [7, 11) is 0. The Kier molecular flexibility index (Phi) is 2.69. The van der Waals surface area contributed by atoms with Crippen molar-refractivity contribution in [3.63, 3.8) is 0 Å². The molecule has 0 atom stereocenters. The fourth-order valence-electron chi connectivity index (χ4n) is 0.760. The van der Waals surface area contributed by atoms with E-state index in [0.29, 0.717) is 0 Å². The third-order valence-electron chi connectivity index (χ3n) is 1.20. The molecule has 0 saturated carbocycles. The molecule has 0 fully saturated rings. The van der Waals surface area contributed by atoms with E-state index in [1.54, 1.807) is 0 Å². The molecular weight excluding hydrogens is 205 g/mol. The first kappa shape index (κ1) is 8.31. The first-order chi connectivity index (χ1) is 5.20. The minimum atomic E-state index is -0.0484. The van der Waals surface area contributed by atoms with E-state index in [1.165, 1.54) is 6.92 Å². The molecule has 3 heteroatoms. The van der Waals surface area contributed by atoms with Crippen LogP contribution in [0.25, 0.3) is 0 Å². The number of amides is 1. The predicted molar refractivity (Wildman–Crippen MR) is 46.1 cm³/mol. The summed E-state index contributed by atoms with van der Waals surface area (Å²) in [5.74, 6) is -0.0484. The molecule has 1 aromatic rings. The van der Waals surface area contributed by atoms with Crippen LogP contribution in [0.5, 0.6) is 0 Å². The van der Waals surface area contributed by atoms with Crippen LogP contribution in [-0.2, 0) is 4.79 Å². The van der Waals surface area contributed by atoms with Crippen LogP contribution in [0.15, 0.2) is 24.3 Å². The van der Waals surface area contributed by atoms with E-state index < -0.39 is 0 Å². The molecule has 0 unspecified atom stereocenters. The fraction of sp³-hybridized carbons (Fsp3) is 0.125. The molecule has 0 aliphatic heterocycles. The van der Waals surface area contributed by atoms with Gasteiger partial charge in [-0.2, -0.15) is 0 Å². The number of carbonyl (C=O) groups excluding carboxylic acids is 1. The zero-order valence-corrected chi connectivity index (χ0v) is 7.84. The second-order valence-electron chi connectivity index (χ2n) is 2.18. The Morgan fingerprint density at radius 3 is 2.64 bits per heavy atom. The van der Waals surface area contributed by atoms with Crippen molar-refractivity contribution in [1.82, 2.24) is 0 Å². The van der Waals surface area contributed by atoms with Gasteiger partial charge in [-0.1, -0.05) is 0 Å². The fourth-order valence-corrected chi connectivity index (χ4v) is 1.17. The van der Waals surface area contributed by atoms with Crippen molar-refractivity contribution < 1.29 is 4.79 Å². The molecule has 0 aliphatic rings. The minimum absolute atomic E-state index is 0.0484. The van der Waals surface area contributed by atoms with Crippen molar-refractivity contribution in [3.05, 3.63) is 24.3 Å². The predicted octanol–water partition coefficient (Wildman–Crippen LogP) is 0.439. The molecule has 0 saturated heterocycles. The Balaban J connectivity index is 2.86. The quantitative estimate of drug-likeness (QED) is 0.674. The number of carbonyl (C=O) groups is 1. The van der Waals surface area contributed by atoms with E-state index >= 15 is 0 Å². The summed E-state index contributed by atoms with van der Waals surface area (Å²) in [6.45, 7) is 1.49. The number of benzene rings is 1. The van der Waals surface area contributed by atoms with E-state index in [1.807, 2.05) is 24.3 Å². The molecule has 1 N–H and O–H groups in total. The maximum absolute atomic E-state index is 10.6. The van der Waals surface area contributed by atoms with Gasteiger partial charge >= 0.3 is 73.4 Å². The maximum atomic E-state index is 10.6. The zero-order chi connectivity index (χ0) is 8.27. The monoisotopic (exact) mass is 214 g/mol. The second kappa shape index (κ2) is 3.56. The van der Waals surface area contributed by atoms with Crippen LogP contribution >= 0.6 is 0 Å². The molecule has 2 nitrogen and oxygen atoms in total. The van der Waals surface area contributed by atoms with Gasteiger partial charge in [-0.15, -0.1) is 0 Å². The Labute approximate surface area is 73.8 Å². The summed E-state index contributed by atoms with van der Waals surface area (Å²) < 4.78 is 0.961. The summed E-state index contributed by atoms with van der Waals surface area (Å²) in [6.07, 6.45) is 0. The Morgan fingerprint density at radius 1 is 1.45 bits per heavy atom. The van der Waals surface area contributed by atoms with Gasteiger partial charge in [0.15, 0.2) is 0 Å². The summed E-state index contributed by atoms with van der Waals surface area (Å²) in [6, 6.07) is 7.56. The summed E-state index contributed by atoms with van der Waals surface area (Å²) in [4.78, 5) is 10.6. The van der Waals surface area contributed by atoms with Gasteiger partial charge in [-0.3, -0.25) is 0 Å². The number of hydrogen-bond donors (Lipinski definition) is 1. The van der Waals surface area contributed by atoms with Gasteiger partial charge in [-0.25, -0.2) is 0 Å². The zero-order valence-electron chi connectivity index (χ0n) is 6.13. The van der Waals surface area contributed by atoms with Crippen LogP contribution in [0.2, 0.25) is 0 Å². The van der Waals surface area contributed by atoms with Crippen molar-refractivity contribution in [3.8, 4) is 0 Å². The number of nitrogens with one attached hydrogen (secondary N) is 1. The van der Waals surface area contributed by atoms with E-state index in [0.717, 1.165) is 10.1 Å². The van der Waals surface area contributed by atoms with Gasteiger partial charge in [0.25, 0.3) is 0 Å². The molecule has 1 amide bonds. The summed E-state index contributed by atoms with van der Waals surface area (Å²) in [5, 5.41) is 2.70. The van der Waals surface area contributed by atoms with Crippen LogP contribution in [-0.4, -0.2) is 21.9 Å². The summed E-state index contributed by atoms with van der Waals surface area (Å²) >= 11 is 2.86. The van der Waals surface area contributed by atoms with Crippen LogP contribution < -0.4 is 9.78 Å². The van der Waals surface area contributed by atoms with Crippen LogP contribution in [0.3, 0.4) is 0 Å². The standard InChI is InChI=1S/C8H9NOSe/c1-6(10)9-7-4-2-3-5-8(7)11/h2-5,11H,1H3,(H,9,10)/p-1. The van der Waals surface area contributed by atoms with Crippen molar-refractivity contribution in [1.29, 1.82) is 0 Å². The van der Waals surface area contributed by atoms with Gasteiger partial charge in [0.1, 0.15) is 0 Å². The molecule has 0 bridgehead atoms. The molecule has 1 aromatic carbocycles.